The molecule has 3 aromatic carbocycles. The molecule has 0 amide bonds. The molecule has 1 aliphatic rings. The van der Waals surface area contributed by atoms with E-state index in [1.54, 1.807) is 18.2 Å². The van der Waals surface area contributed by atoms with Gasteiger partial charge in [0.15, 0.2) is 9.84 Å². The average molecular weight is 460 g/mol. The molecule has 1 heterocycles. The molecule has 8 heteroatoms. The summed E-state index contributed by atoms with van der Waals surface area (Å²) in [5, 5.41) is -1.06. The fraction of sp³-hybridized carbons (Fsp3) is 0.217. The first-order valence-corrected chi connectivity index (χ1v) is 13.1. The van der Waals surface area contributed by atoms with Crippen molar-refractivity contribution in [2.24, 2.45) is 0 Å². The average Bonchev–Trinajstić information content (AvgIpc) is 2.93. The van der Waals surface area contributed by atoms with E-state index in [4.69, 9.17) is 0 Å². The highest BCUT2D eigenvalue weighted by Gasteiger charge is 2.36. The molecule has 1 aliphatic heterocycles. The van der Waals surface area contributed by atoms with Crippen LogP contribution in [0.2, 0.25) is 0 Å². The van der Waals surface area contributed by atoms with Gasteiger partial charge >= 0.3 is 0 Å². The molecule has 0 radical (unpaired) electrons. The van der Waals surface area contributed by atoms with Crippen molar-refractivity contribution in [2.45, 2.75) is 16.6 Å². The quantitative estimate of drug-likeness (QED) is 0.590. The molecule has 31 heavy (non-hydrogen) atoms. The number of sulfone groups is 1. The van der Waals surface area contributed by atoms with Crippen LogP contribution in [0.1, 0.15) is 17.2 Å². The van der Waals surface area contributed by atoms with Crippen LogP contribution in [0.15, 0.2) is 83.8 Å². The normalized spacial score (nSPS) is 19.6. The first-order chi connectivity index (χ1) is 14.8. The lowest BCUT2D eigenvalue weighted by Crippen LogP contribution is -2.33. The summed E-state index contributed by atoms with van der Waals surface area (Å²) in [6, 6.07) is 21.9. The molecule has 162 valence electrons. The minimum absolute atomic E-state index is 0.000993. The van der Waals surface area contributed by atoms with Crippen molar-refractivity contribution in [2.75, 3.05) is 18.8 Å². The predicted octanol–water partition coefficient (Wildman–Crippen LogP) is 4.04. The fourth-order valence-corrected chi connectivity index (χ4v) is 7.22. The van der Waals surface area contributed by atoms with Crippen molar-refractivity contribution in [3.63, 3.8) is 0 Å². The van der Waals surface area contributed by atoms with Crippen molar-refractivity contribution in [3.8, 4) is 11.1 Å². The third kappa shape index (κ3) is 4.42. The minimum atomic E-state index is -3.88. The van der Waals surface area contributed by atoms with Crippen molar-refractivity contribution in [1.82, 2.24) is 4.31 Å². The molecule has 0 bridgehead atoms. The Bertz CT molecular complexity index is 1270. The number of hydrogen-bond acceptors (Lipinski definition) is 4. The second-order valence-corrected chi connectivity index (χ2v) is 11.7. The number of rotatable bonds is 4. The van der Waals surface area contributed by atoms with E-state index in [2.05, 4.69) is 0 Å². The van der Waals surface area contributed by atoms with Crippen molar-refractivity contribution in [3.05, 3.63) is 90.2 Å². The zero-order chi connectivity index (χ0) is 22.1. The van der Waals surface area contributed by atoms with Gasteiger partial charge in [0.2, 0.25) is 10.0 Å². The Balaban J connectivity index is 1.59. The topological polar surface area (TPSA) is 71.5 Å². The summed E-state index contributed by atoms with van der Waals surface area (Å²) in [6.07, 6.45) is 0.00456. The van der Waals surface area contributed by atoms with Gasteiger partial charge in [-0.1, -0.05) is 60.7 Å². The highest BCUT2D eigenvalue weighted by atomic mass is 32.2. The largest absolute Gasteiger partial charge is 0.243 e. The molecule has 0 spiro atoms. The summed E-state index contributed by atoms with van der Waals surface area (Å²) in [7, 11) is -7.57. The van der Waals surface area contributed by atoms with E-state index in [0.29, 0.717) is 0 Å². The lowest BCUT2D eigenvalue weighted by atomic mass is 10.1. The summed E-state index contributed by atoms with van der Waals surface area (Å²) in [5.41, 5.74) is 1.95. The highest BCUT2D eigenvalue weighted by molar-refractivity contribution is 7.92. The Morgan fingerprint density at radius 3 is 2.10 bits per heavy atom. The molecule has 4 rings (SSSR count). The molecular formula is C23H22FNO4S2. The van der Waals surface area contributed by atoms with Crippen LogP contribution in [-0.4, -0.2) is 40.0 Å². The molecule has 1 fully saturated rings. The van der Waals surface area contributed by atoms with E-state index in [-0.39, 0.29) is 35.7 Å². The van der Waals surface area contributed by atoms with Crippen LogP contribution in [0.4, 0.5) is 4.39 Å². The van der Waals surface area contributed by atoms with E-state index < -0.39 is 30.9 Å². The van der Waals surface area contributed by atoms with Gasteiger partial charge in [-0.15, -0.1) is 0 Å². The van der Waals surface area contributed by atoms with Gasteiger partial charge < -0.3 is 0 Å². The first-order valence-electron chi connectivity index (χ1n) is 9.91. The Morgan fingerprint density at radius 2 is 1.42 bits per heavy atom. The molecule has 1 unspecified atom stereocenters. The SMILES string of the molecule is O=S1(=O)CCN(S(=O)(=O)c2ccc(-c3ccccc3)cc2)CCC1c1ccccc1F. The predicted molar refractivity (Wildman–Crippen MR) is 118 cm³/mol. The van der Waals surface area contributed by atoms with E-state index in [9.17, 15) is 21.2 Å². The Morgan fingerprint density at radius 1 is 0.806 bits per heavy atom. The number of nitrogens with zero attached hydrogens (tertiary/aromatic N) is 1. The van der Waals surface area contributed by atoms with Crippen LogP contribution in [-0.2, 0) is 19.9 Å². The number of halogens is 1. The molecule has 1 saturated heterocycles. The first kappa shape index (κ1) is 21.7. The van der Waals surface area contributed by atoms with E-state index in [1.807, 2.05) is 30.3 Å². The maximum Gasteiger partial charge on any atom is 0.243 e. The molecule has 3 aromatic rings. The molecule has 0 aliphatic carbocycles. The summed E-state index contributed by atoms with van der Waals surface area (Å²) >= 11 is 0. The Hall–Kier alpha value is -2.55. The van der Waals surface area contributed by atoms with Crippen LogP contribution in [0.3, 0.4) is 0 Å². The van der Waals surface area contributed by atoms with Crippen LogP contribution < -0.4 is 0 Å². The Kier molecular flexibility index (Phi) is 5.96. The maximum absolute atomic E-state index is 14.2. The van der Waals surface area contributed by atoms with Gasteiger partial charge in [-0.25, -0.2) is 21.2 Å². The van der Waals surface area contributed by atoms with E-state index in [0.717, 1.165) is 11.1 Å². The Labute approximate surface area is 182 Å². The number of benzene rings is 3. The summed E-state index contributed by atoms with van der Waals surface area (Å²) in [4.78, 5) is 0.105. The van der Waals surface area contributed by atoms with Gasteiger partial charge in [0.25, 0.3) is 0 Å². The summed E-state index contributed by atoms with van der Waals surface area (Å²) in [5.74, 6) is -0.947. The monoisotopic (exact) mass is 459 g/mol. The number of hydrogen-bond donors (Lipinski definition) is 0. The molecule has 0 saturated carbocycles. The molecule has 0 N–H and O–H groups in total. The van der Waals surface area contributed by atoms with Crippen LogP contribution in [0.25, 0.3) is 11.1 Å². The van der Waals surface area contributed by atoms with Crippen LogP contribution in [0, 0.1) is 5.82 Å². The molecule has 0 aromatic heterocycles. The highest BCUT2D eigenvalue weighted by Crippen LogP contribution is 2.33. The standard InChI is InChI=1S/C23H22FNO4S2/c24-22-9-5-4-8-21(22)23-14-15-25(16-17-30(23,26)27)31(28,29)20-12-10-19(11-13-20)18-6-2-1-3-7-18/h1-13,23H,14-17H2. The van der Waals surface area contributed by atoms with Gasteiger partial charge in [-0.05, 0) is 35.7 Å². The van der Waals surface area contributed by atoms with E-state index >= 15 is 0 Å². The van der Waals surface area contributed by atoms with Crippen LogP contribution in [0.5, 0.6) is 0 Å². The molecule has 1 atom stereocenters. The van der Waals surface area contributed by atoms with Gasteiger partial charge in [-0.3, -0.25) is 0 Å². The smallest absolute Gasteiger partial charge is 0.228 e. The van der Waals surface area contributed by atoms with Gasteiger partial charge in [-0.2, -0.15) is 4.31 Å². The lowest BCUT2D eigenvalue weighted by Gasteiger charge is -2.20. The maximum atomic E-state index is 14.2. The van der Waals surface area contributed by atoms with Gasteiger partial charge in [0, 0.05) is 18.7 Å². The zero-order valence-corrected chi connectivity index (χ0v) is 18.3. The van der Waals surface area contributed by atoms with Crippen molar-refractivity contribution >= 4 is 19.9 Å². The zero-order valence-electron chi connectivity index (χ0n) is 16.7. The summed E-state index contributed by atoms with van der Waals surface area (Å²) in [6.45, 7) is -0.156. The van der Waals surface area contributed by atoms with Gasteiger partial charge in [0.05, 0.1) is 15.9 Å². The van der Waals surface area contributed by atoms with E-state index in [1.165, 1.54) is 34.6 Å². The number of sulfonamides is 1. The molecule has 5 nitrogen and oxygen atoms in total. The second kappa shape index (κ2) is 8.53. The van der Waals surface area contributed by atoms with Crippen molar-refractivity contribution in [1.29, 1.82) is 0 Å². The third-order valence-electron chi connectivity index (χ3n) is 5.55. The van der Waals surface area contributed by atoms with Gasteiger partial charge in [0.1, 0.15) is 5.82 Å². The van der Waals surface area contributed by atoms with Crippen molar-refractivity contribution < 1.29 is 21.2 Å². The molecular weight excluding hydrogens is 437 g/mol. The van der Waals surface area contributed by atoms with Crippen LogP contribution >= 0.6 is 0 Å². The second-order valence-electron chi connectivity index (χ2n) is 7.46. The minimum Gasteiger partial charge on any atom is -0.228 e. The lowest BCUT2D eigenvalue weighted by molar-refractivity contribution is 0.427. The fourth-order valence-electron chi connectivity index (χ4n) is 3.85. The third-order valence-corrected chi connectivity index (χ3v) is 9.57. The summed E-state index contributed by atoms with van der Waals surface area (Å²) < 4.78 is 67.3.